The lowest BCUT2D eigenvalue weighted by atomic mass is 10.0. The van der Waals surface area contributed by atoms with Gasteiger partial charge in [-0.2, -0.15) is 18.3 Å². The average molecular weight is 511 g/mol. The molecule has 0 saturated carbocycles. The molecule has 5 rings (SSSR count). The van der Waals surface area contributed by atoms with Crippen LogP contribution in [0.15, 0.2) is 67.9 Å². The van der Waals surface area contributed by atoms with E-state index in [-0.39, 0.29) is 18.6 Å². The maximum absolute atomic E-state index is 12.7. The van der Waals surface area contributed by atoms with Crippen LogP contribution in [0.3, 0.4) is 0 Å². The van der Waals surface area contributed by atoms with Crippen LogP contribution in [0.2, 0.25) is 0 Å². The third-order valence-electron chi connectivity index (χ3n) is 6.27. The van der Waals surface area contributed by atoms with Gasteiger partial charge in [0.15, 0.2) is 0 Å². The Kier molecular flexibility index (Phi) is 7.77. The number of carbonyl (C=O) groups excluding carboxylic acids is 1. The van der Waals surface area contributed by atoms with Crippen molar-refractivity contribution in [3.8, 4) is 11.3 Å². The highest BCUT2D eigenvalue weighted by atomic mass is 19.4. The molecule has 37 heavy (non-hydrogen) atoms. The van der Waals surface area contributed by atoms with E-state index in [9.17, 15) is 18.0 Å². The van der Waals surface area contributed by atoms with Crippen LogP contribution in [0.4, 0.5) is 23.7 Å². The standard InChI is InChI=1S/C21H21F3N6O.C6H8/c1-12-6-13(2-4-25-12)19-16-7-14-9-30(15-3-5-29(10-15)11-21(22,23)24)20(31)26-17(14)8-18(16)27-28-19;1-3-5-6-4-2/h2,4,6-8,15H,3,5,9-11H2,1H3,(H,26,31)(H,27,28);3-6H,1-2H2/b;6-5-. The highest BCUT2D eigenvalue weighted by Gasteiger charge is 2.38. The number of hydrogen-bond donors (Lipinski definition) is 2. The zero-order chi connectivity index (χ0) is 26.6. The number of carbonyl (C=O) groups is 1. The van der Waals surface area contributed by atoms with Crippen molar-refractivity contribution >= 4 is 22.6 Å². The molecule has 1 fully saturated rings. The van der Waals surface area contributed by atoms with E-state index in [2.05, 4.69) is 33.7 Å². The molecule has 1 saturated heterocycles. The van der Waals surface area contributed by atoms with Crippen molar-refractivity contribution in [2.24, 2.45) is 0 Å². The van der Waals surface area contributed by atoms with Crippen molar-refractivity contribution in [2.45, 2.75) is 32.1 Å². The van der Waals surface area contributed by atoms with Crippen LogP contribution >= 0.6 is 0 Å². The van der Waals surface area contributed by atoms with Gasteiger partial charge in [-0.1, -0.05) is 37.5 Å². The van der Waals surface area contributed by atoms with Crippen LogP contribution < -0.4 is 5.32 Å². The first-order chi connectivity index (χ1) is 17.7. The fourth-order valence-electron chi connectivity index (χ4n) is 4.63. The van der Waals surface area contributed by atoms with E-state index >= 15 is 0 Å². The first-order valence-corrected chi connectivity index (χ1v) is 11.9. The van der Waals surface area contributed by atoms with Gasteiger partial charge < -0.3 is 10.2 Å². The molecule has 7 nitrogen and oxygen atoms in total. The van der Waals surface area contributed by atoms with Gasteiger partial charge in [-0.05, 0) is 43.2 Å². The summed E-state index contributed by atoms with van der Waals surface area (Å²) in [6, 6.07) is 7.16. The number of aryl methyl sites for hydroxylation is 1. The molecule has 1 aromatic carbocycles. The number of halogens is 3. The fraction of sp³-hybridized carbons (Fsp3) is 0.296. The number of likely N-dealkylation sites (tertiary alicyclic amines) is 1. The van der Waals surface area contributed by atoms with Crippen LogP contribution in [0, 0.1) is 6.92 Å². The van der Waals surface area contributed by atoms with Crippen molar-refractivity contribution in [1.29, 1.82) is 0 Å². The van der Waals surface area contributed by atoms with Gasteiger partial charge in [-0.15, -0.1) is 0 Å². The van der Waals surface area contributed by atoms with E-state index in [1.807, 2.05) is 43.3 Å². The number of benzene rings is 1. The Hall–Kier alpha value is -3.92. The second-order valence-corrected chi connectivity index (χ2v) is 9.02. The number of nitrogens with one attached hydrogen (secondary N) is 2. The van der Waals surface area contributed by atoms with Crippen molar-refractivity contribution in [2.75, 3.05) is 25.0 Å². The maximum atomic E-state index is 12.7. The number of amides is 2. The lowest BCUT2D eigenvalue weighted by Gasteiger charge is -2.34. The number of aromatic amines is 1. The van der Waals surface area contributed by atoms with Crippen molar-refractivity contribution in [1.82, 2.24) is 25.0 Å². The minimum Gasteiger partial charge on any atom is -0.316 e. The van der Waals surface area contributed by atoms with Crippen LogP contribution in [0.1, 0.15) is 17.7 Å². The number of fused-ring (bicyclic) bond motifs is 2. The highest BCUT2D eigenvalue weighted by molar-refractivity contribution is 6.00. The minimum absolute atomic E-state index is 0.220. The first kappa shape index (κ1) is 26.2. The van der Waals surface area contributed by atoms with Crippen molar-refractivity contribution in [3.63, 3.8) is 0 Å². The monoisotopic (exact) mass is 510 g/mol. The second kappa shape index (κ2) is 11.0. The molecule has 2 amide bonds. The molecular weight excluding hydrogens is 481 g/mol. The van der Waals surface area contributed by atoms with E-state index < -0.39 is 12.7 Å². The molecule has 1 unspecified atom stereocenters. The summed E-state index contributed by atoms with van der Waals surface area (Å²) in [5.41, 5.74) is 5.02. The lowest BCUT2D eigenvalue weighted by Crippen LogP contribution is -2.46. The van der Waals surface area contributed by atoms with Crippen molar-refractivity contribution < 1.29 is 18.0 Å². The smallest absolute Gasteiger partial charge is 0.316 e. The molecule has 194 valence electrons. The topological polar surface area (TPSA) is 77.2 Å². The summed E-state index contributed by atoms with van der Waals surface area (Å²) in [7, 11) is 0. The third kappa shape index (κ3) is 6.26. The summed E-state index contributed by atoms with van der Waals surface area (Å²) in [6.45, 7) is 8.79. The van der Waals surface area contributed by atoms with Gasteiger partial charge in [0.1, 0.15) is 5.69 Å². The largest absolute Gasteiger partial charge is 0.401 e. The Morgan fingerprint density at radius 3 is 2.62 bits per heavy atom. The van der Waals surface area contributed by atoms with E-state index in [0.717, 1.165) is 33.4 Å². The quantitative estimate of drug-likeness (QED) is 0.424. The summed E-state index contributed by atoms with van der Waals surface area (Å²) in [4.78, 5) is 19.9. The molecule has 2 N–H and O–H groups in total. The molecule has 0 aliphatic carbocycles. The summed E-state index contributed by atoms with van der Waals surface area (Å²) in [6.07, 6.45) is 5.09. The van der Waals surface area contributed by atoms with Crippen LogP contribution in [-0.2, 0) is 6.54 Å². The van der Waals surface area contributed by atoms with E-state index in [4.69, 9.17) is 0 Å². The summed E-state index contributed by atoms with van der Waals surface area (Å²) in [5, 5.41) is 11.3. The molecule has 2 aliphatic heterocycles. The van der Waals surface area contributed by atoms with Gasteiger partial charge in [0.05, 0.1) is 12.1 Å². The number of aromatic nitrogens is 3. The number of pyridine rings is 1. The first-order valence-electron chi connectivity index (χ1n) is 11.9. The molecular formula is C27H29F3N6O. The molecule has 3 aromatic rings. The Balaban J connectivity index is 0.000000480. The van der Waals surface area contributed by atoms with E-state index in [0.29, 0.717) is 25.2 Å². The van der Waals surface area contributed by atoms with Crippen LogP contribution in [0.25, 0.3) is 22.2 Å². The van der Waals surface area contributed by atoms with Gasteiger partial charge >= 0.3 is 12.2 Å². The fourth-order valence-corrected chi connectivity index (χ4v) is 4.63. The third-order valence-corrected chi connectivity index (χ3v) is 6.27. The van der Waals surface area contributed by atoms with Crippen LogP contribution in [-0.4, -0.2) is 62.9 Å². The zero-order valence-corrected chi connectivity index (χ0v) is 20.6. The van der Waals surface area contributed by atoms with Gasteiger partial charge in [-0.25, -0.2) is 4.79 Å². The molecule has 2 aromatic heterocycles. The Morgan fingerprint density at radius 2 is 1.95 bits per heavy atom. The van der Waals surface area contributed by atoms with Crippen LogP contribution in [0.5, 0.6) is 0 Å². The van der Waals surface area contributed by atoms with Crippen molar-refractivity contribution in [3.05, 3.63) is 79.2 Å². The predicted octanol–water partition coefficient (Wildman–Crippen LogP) is 5.83. The number of hydrogen-bond acceptors (Lipinski definition) is 4. The minimum atomic E-state index is -4.24. The number of urea groups is 1. The summed E-state index contributed by atoms with van der Waals surface area (Å²) < 4.78 is 38.2. The molecule has 10 heteroatoms. The Labute approximate surface area is 213 Å². The SMILES string of the molecule is C=C/C=C\C=C.Cc1cc(-c2n[nH]c3cc4c(cc23)CN(C2CCN(CC(F)(F)F)C2)C(=O)N4)ccn1. The molecule has 4 heterocycles. The number of nitrogens with zero attached hydrogens (tertiary/aromatic N) is 4. The van der Waals surface area contributed by atoms with Gasteiger partial charge in [0.25, 0.3) is 0 Å². The van der Waals surface area contributed by atoms with Gasteiger partial charge in [0.2, 0.25) is 0 Å². The number of anilines is 1. The predicted molar refractivity (Wildman–Crippen MR) is 139 cm³/mol. The molecule has 2 aliphatic rings. The average Bonchev–Trinajstić information content (AvgIpc) is 3.47. The summed E-state index contributed by atoms with van der Waals surface area (Å²) >= 11 is 0. The second-order valence-electron chi connectivity index (χ2n) is 9.02. The number of rotatable bonds is 5. The van der Waals surface area contributed by atoms with Gasteiger partial charge in [0, 0.05) is 54.2 Å². The lowest BCUT2D eigenvalue weighted by molar-refractivity contribution is -0.143. The highest BCUT2D eigenvalue weighted by Crippen LogP contribution is 2.34. The molecule has 0 bridgehead atoms. The Bertz CT molecular complexity index is 1320. The summed E-state index contributed by atoms with van der Waals surface area (Å²) in [5.74, 6) is 0. The number of allylic oxidation sites excluding steroid dienone is 4. The van der Waals surface area contributed by atoms with E-state index in [1.165, 1.54) is 4.90 Å². The normalized spacial score (nSPS) is 17.9. The molecule has 0 radical (unpaired) electrons. The Morgan fingerprint density at radius 1 is 1.19 bits per heavy atom. The van der Waals surface area contributed by atoms with Gasteiger partial charge in [-0.3, -0.25) is 15.0 Å². The maximum Gasteiger partial charge on any atom is 0.401 e. The molecule has 1 atom stereocenters. The molecule has 0 spiro atoms. The zero-order valence-electron chi connectivity index (χ0n) is 20.6. The number of H-pyrrole nitrogens is 1. The number of alkyl halides is 3. The van der Waals surface area contributed by atoms with E-state index in [1.54, 1.807) is 23.2 Å².